The van der Waals surface area contributed by atoms with Gasteiger partial charge in [-0.25, -0.2) is 0 Å². The Morgan fingerprint density at radius 1 is 0.912 bits per heavy atom. The lowest BCUT2D eigenvalue weighted by Gasteiger charge is -2.15. The van der Waals surface area contributed by atoms with Gasteiger partial charge in [0.25, 0.3) is 0 Å². The minimum Gasteiger partial charge on any atom is -0.491 e. The van der Waals surface area contributed by atoms with Crippen molar-refractivity contribution in [1.29, 1.82) is 0 Å². The van der Waals surface area contributed by atoms with Crippen LogP contribution in [-0.4, -0.2) is 36.1 Å². The van der Waals surface area contributed by atoms with E-state index >= 15 is 0 Å². The van der Waals surface area contributed by atoms with Crippen LogP contribution in [0.4, 0.5) is 0 Å². The van der Waals surface area contributed by atoms with Crippen LogP contribution in [-0.2, 0) is 16.1 Å². The number of ether oxygens (including phenoxy) is 3. The van der Waals surface area contributed by atoms with Gasteiger partial charge in [0.2, 0.25) is 0 Å². The Morgan fingerprint density at radius 2 is 1.65 bits per heavy atom. The molecule has 0 bridgehead atoms. The molecule has 0 saturated heterocycles. The SMILES string of the molecule is CCON=C(COc1cc(CC(=O)O)cc(OC(C)C)c1)c1cccc(Oc2ccccc2)c1. The van der Waals surface area contributed by atoms with Crippen molar-refractivity contribution in [2.75, 3.05) is 13.2 Å². The maximum atomic E-state index is 11.2. The van der Waals surface area contributed by atoms with E-state index in [1.54, 1.807) is 18.2 Å². The van der Waals surface area contributed by atoms with Crippen molar-refractivity contribution in [2.45, 2.75) is 33.3 Å². The summed E-state index contributed by atoms with van der Waals surface area (Å²) in [6.45, 7) is 6.17. The summed E-state index contributed by atoms with van der Waals surface area (Å²) < 4.78 is 17.7. The zero-order valence-corrected chi connectivity index (χ0v) is 19.6. The van der Waals surface area contributed by atoms with E-state index in [9.17, 15) is 9.90 Å². The van der Waals surface area contributed by atoms with Gasteiger partial charge in [0.05, 0.1) is 12.5 Å². The number of carboxylic acid groups (broad SMARTS) is 1. The van der Waals surface area contributed by atoms with E-state index < -0.39 is 5.97 Å². The third kappa shape index (κ3) is 7.85. The molecule has 178 valence electrons. The molecule has 0 aromatic heterocycles. The van der Waals surface area contributed by atoms with Crippen molar-refractivity contribution in [2.24, 2.45) is 5.16 Å². The van der Waals surface area contributed by atoms with Gasteiger partial charge < -0.3 is 24.2 Å². The predicted octanol–water partition coefficient (Wildman–Crippen LogP) is 5.71. The second kappa shape index (κ2) is 12.3. The molecular weight excluding hydrogens is 434 g/mol. The Labute approximate surface area is 199 Å². The molecular formula is C27H29NO6. The van der Waals surface area contributed by atoms with Crippen LogP contribution < -0.4 is 14.2 Å². The highest BCUT2D eigenvalue weighted by atomic mass is 16.6. The van der Waals surface area contributed by atoms with Gasteiger partial charge in [-0.3, -0.25) is 4.79 Å². The van der Waals surface area contributed by atoms with Crippen LogP contribution in [0.1, 0.15) is 31.9 Å². The normalized spacial score (nSPS) is 11.2. The number of para-hydroxylation sites is 1. The predicted molar refractivity (Wildman–Crippen MR) is 130 cm³/mol. The molecule has 34 heavy (non-hydrogen) atoms. The summed E-state index contributed by atoms with van der Waals surface area (Å²) in [4.78, 5) is 16.5. The van der Waals surface area contributed by atoms with Gasteiger partial charge in [0.1, 0.15) is 41.9 Å². The fourth-order valence-corrected chi connectivity index (χ4v) is 3.15. The smallest absolute Gasteiger partial charge is 0.307 e. The van der Waals surface area contributed by atoms with Crippen molar-refractivity contribution < 1.29 is 28.9 Å². The number of rotatable bonds is 12. The monoisotopic (exact) mass is 463 g/mol. The largest absolute Gasteiger partial charge is 0.491 e. The fraction of sp³-hybridized carbons (Fsp3) is 0.259. The lowest BCUT2D eigenvalue weighted by molar-refractivity contribution is -0.136. The molecule has 0 aliphatic carbocycles. The molecule has 0 saturated carbocycles. The first-order valence-corrected chi connectivity index (χ1v) is 11.1. The van der Waals surface area contributed by atoms with Crippen LogP contribution in [0, 0.1) is 0 Å². The van der Waals surface area contributed by atoms with E-state index in [1.807, 2.05) is 75.4 Å². The minimum absolute atomic E-state index is 0.0599. The van der Waals surface area contributed by atoms with Gasteiger partial charge in [-0.15, -0.1) is 0 Å². The zero-order valence-electron chi connectivity index (χ0n) is 19.6. The highest BCUT2D eigenvalue weighted by Gasteiger charge is 2.12. The van der Waals surface area contributed by atoms with E-state index in [-0.39, 0.29) is 19.1 Å². The summed E-state index contributed by atoms with van der Waals surface area (Å²) in [6.07, 6.45) is -0.194. The number of hydrogen-bond acceptors (Lipinski definition) is 6. The lowest BCUT2D eigenvalue weighted by atomic mass is 10.1. The number of oxime groups is 1. The molecule has 0 aliphatic rings. The van der Waals surface area contributed by atoms with Crippen LogP contribution in [0.25, 0.3) is 0 Å². The van der Waals surface area contributed by atoms with Gasteiger partial charge >= 0.3 is 5.97 Å². The standard InChI is InChI=1S/C27H29NO6/c1-4-32-28-26(21-9-8-12-23(16-21)34-22-10-6-5-7-11-22)18-31-24-13-20(15-27(29)30)14-25(17-24)33-19(2)3/h5-14,16-17,19H,4,15,18H2,1-3H3,(H,29,30). The van der Waals surface area contributed by atoms with Crippen LogP contribution in [0.2, 0.25) is 0 Å². The topological polar surface area (TPSA) is 86.6 Å². The summed E-state index contributed by atoms with van der Waals surface area (Å²) in [5.41, 5.74) is 1.93. The van der Waals surface area contributed by atoms with E-state index in [4.69, 9.17) is 19.0 Å². The fourth-order valence-electron chi connectivity index (χ4n) is 3.15. The molecule has 0 fully saturated rings. The molecule has 3 aromatic rings. The Balaban J connectivity index is 1.81. The van der Waals surface area contributed by atoms with Crippen LogP contribution in [0.15, 0.2) is 78.0 Å². The van der Waals surface area contributed by atoms with E-state index in [0.717, 1.165) is 11.3 Å². The quantitative estimate of drug-likeness (QED) is 0.273. The first-order valence-electron chi connectivity index (χ1n) is 11.1. The summed E-state index contributed by atoms with van der Waals surface area (Å²) >= 11 is 0. The number of benzene rings is 3. The second-order valence-electron chi connectivity index (χ2n) is 7.74. The maximum Gasteiger partial charge on any atom is 0.307 e. The molecule has 7 nitrogen and oxygen atoms in total. The van der Waals surface area contributed by atoms with Gasteiger partial charge in [-0.1, -0.05) is 35.5 Å². The van der Waals surface area contributed by atoms with Crippen molar-refractivity contribution in [3.63, 3.8) is 0 Å². The summed E-state index contributed by atoms with van der Waals surface area (Å²) in [6, 6.07) is 22.1. The third-order valence-corrected chi connectivity index (χ3v) is 4.49. The van der Waals surface area contributed by atoms with E-state index in [0.29, 0.717) is 35.1 Å². The molecule has 3 rings (SSSR count). The molecule has 0 aliphatic heterocycles. The van der Waals surface area contributed by atoms with Gasteiger partial charge in [0, 0.05) is 11.6 Å². The molecule has 1 N–H and O–H groups in total. The molecule has 3 aromatic carbocycles. The van der Waals surface area contributed by atoms with Crippen molar-refractivity contribution in [3.05, 3.63) is 83.9 Å². The molecule has 0 spiro atoms. The second-order valence-corrected chi connectivity index (χ2v) is 7.74. The molecule has 0 radical (unpaired) electrons. The highest BCUT2D eigenvalue weighted by Crippen LogP contribution is 2.26. The molecule has 0 unspecified atom stereocenters. The minimum atomic E-state index is -0.929. The number of aliphatic carboxylic acids is 1. The average Bonchev–Trinajstić information content (AvgIpc) is 2.79. The maximum absolute atomic E-state index is 11.2. The molecule has 0 amide bonds. The average molecular weight is 464 g/mol. The Bertz CT molecular complexity index is 1110. The van der Waals surface area contributed by atoms with Crippen molar-refractivity contribution in [3.8, 4) is 23.0 Å². The third-order valence-electron chi connectivity index (χ3n) is 4.49. The van der Waals surface area contributed by atoms with Crippen molar-refractivity contribution in [1.82, 2.24) is 0 Å². The number of nitrogens with zero attached hydrogens (tertiary/aromatic N) is 1. The molecule has 7 heteroatoms. The van der Waals surface area contributed by atoms with E-state index in [1.165, 1.54) is 0 Å². The first kappa shape index (κ1) is 24.6. The van der Waals surface area contributed by atoms with E-state index in [2.05, 4.69) is 5.16 Å². The van der Waals surface area contributed by atoms with Crippen LogP contribution in [0.5, 0.6) is 23.0 Å². The lowest BCUT2D eigenvalue weighted by Crippen LogP contribution is -2.14. The number of carboxylic acids is 1. The van der Waals surface area contributed by atoms with Gasteiger partial charge in [-0.05, 0) is 62.7 Å². The Morgan fingerprint density at radius 3 is 2.35 bits per heavy atom. The number of carbonyl (C=O) groups is 1. The Hall–Kier alpha value is -4.00. The summed E-state index contributed by atoms with van der Waals surface area (Å²) in [7, 11) is 0. The van der Waals surface area contributed by atoms with Gasteiger partial charge in [-0.2, -0.15) is 0 Å². The van der Waals surface area contributed by atoms with Crippen molar-refractivity contribution >= 4 is 11.7 Å². The molecule has 0 atom stereocenters. The van der Waals surface area contributed by atoms with Gasteiger partial charge in [0.15, 0.2) is 0 Å². The van der Waals surface area contributed by atoms with Crippen LogP contribution in [0.3, 0.4) is 0 Å². The molecule has 0 heterocycles. The summed E-state index contributed by atoms with van der Waals surface area (Å²) in [5.74, 6) is 1.48. The Kier molecular flexibility index (Phi) is 8.91. The zero-order chi connectivity index (χ0) is 24.3. The number of hydrogen-bond donors (Lipinski definition) is 1. The highest BCUT2D eigenvalue weighted by molar-refractivity contribution is 6.01. The van der Waals surface area contributed by atoms with Crippen LogP contribution >= 0.6 is 0 Å². The summed E-state index contributed by atoms with van der Waals surface area (Å²) in [5, 5.41) is 13.4. The first-order chi connectivity index (χ1) is 16.4.